The molecule has 0 aliphatic rings. The Balaban J connectivity index is 2.56. The van der Waals surface area contributed by atoms with E-state index in [0.29, 0.717) is 19.4 Å². The summed E-state index contributed by atoms with van der Waals surface area (Å²) >= 11 is 0. The Hall–Kier alpha value is -1.04. The highest BCUT2D eigenvalue weighted by Gasteiger charge is 2.22. The number of benzene rings is 1. The summed E-state index contributed by atoms with van der Waals surface area (Å²) in [6, 6.07) is 2.97. The fraction of sp³-hybridized carbons (Fsp3) is 0.571. The maximum atomic E-state index is 13.4. The van der Waals surface area contributed by atoms with Crippen LogP contribution < -0.4 is 5.32 Å². The molecule has 0 saturated heterocycles. The highest BCUT2D eigenvalue weighted by atomic mass is 19.1. The Bertz CT molecular complexity index is 408. The normalized spacial score (nSPS) is 13.6. The molecule has 0 spiro atoms. The second-order valence-electron chi connectivity index (χ2n) is 4.74. The summed E-state index contributed by atoms with van der Waals surface area (Å²) in [7, 11) is 0. The van der Waals surface area contributed by atoms with Crippen LogP contribution in [0.25, 0.3) is 0 Å². The van der Waals surface area contributed by atoms with E-state index in [1.807, 2.05) is 13.8 Å². The zero-order valence-corrected chi connectivity index (χ0v) is 11.3. The zero-order chi connectivity index (χ0) is 14.5. The third-order valence-corrected chi connectivity index (χ3v) is 3.43. The lowest BCUT2D eigenvalue weighted by Gasteiger charge is -2.26. The molecule has 0 saturated carbocycles. The summed E-state index contributed by atoms with van der Waals surface area (Å²) in [6.07, 6.45) is 0.0237. The van der Waals surface area contributed by atoms with Crippen LogP contribution in [-0.2, 0) is 0 Å². The third-order valence-electron chi connectivity index (χ3n) is 3.43. The molecule has 0 radical (unpaired) electrons. The molecule has 0 aromatic heterocycles. The Morgan fingerprint density at radius 1 is 1.26 bits per heavy atom. The molecule has 0 heterocycles. The van der Waals surface area contributed by atoms with E-state index >= 15 is 0 Å². The van der Waals surface area contributed by atoms with E-state index in [0.717, 1.165) is 18.2 Å². The molecule has 5 heteroatoms. The van der Waals surface area contributed by atoms with Crippen molar-refractivity contribution in [3.05, 3.63) is 35.4 Å². The van der Waals surface area contributed by atoms with Crippen LogP contribution in [0.2, 0.25) is 0 Å². The smallest absolute Gasteiger partial charge is 0.129 e. The molecule has 0 aliphatic heterocycles. The third kappa shape index (κ3) is 4.53. The van der Waals surface area contributed by atoms with Gasteiger partial charge in [-0.15, -0.1) is 0 Å². The van der Waals surface area contributed by atoms with Crippen molar-refractivity contribution in [2.24, 2.45) is 0 Å². The largest absolute Gasteiger partial charge is 0.389 e. The van der Waals surface area contributed by atoms with Crippen molar-refractivity contribution >= 4 is 0 Å². The topological polar surface area (TPSA) is 52.5 Å². The van der Waals surface area contributed by atoms with Crippen molar-refractivity contribution in [2.75, 3.05) is 13.1 Å². The molecule has 1 atom stereocenters. The lowest BCUT2D eigenvalue weighted by molar-refractivity contribution is 0.0292. The molecule has 19 heavy (non-hydrogen) atoms. The van der Waals surface area contributed by atoms with Crippen molar-refractivity contribution in [3.8, 4) is 0 Å². The number of hydrogen-bond acceptors (Lipinski definition) is 3. The molecular formula is C14H21F2NO2. The van der Waals surface area contributed by atoms with Gasteiger partial charge in [0.05, 0.1) is 11.7 Å². The van der Waals surface area contributed by atoms with Crippen molar-refractivity contribution < 1.29 is 19.0 Å². The fourth-order valence-corrected chi connectivity index (χ4v) is 1.82. The van der Waals surface area contributed by atoms with Crippen LogP contribution >= 0.6 is 0 Å². The van der Waals surface area contributed by atoms with E-state index in [9.17, 15) is 19.0 Å². The fourth-order valence-electron chi connectivity index (χ4n) is 1.82. The minimum absolute atomic E-state index is 0.0582. The highest BCUT2D eigenvalue weighted by molar-refractivity contribution is 5.21. The first-order valence-corrected chi connectivity index (χ1v) is 6.48. The quantitative estimate of drug-likeness (QED) is 0.713. The lowest BCUT2D eigenvalue weighted by atomic mass is 9.97. The molecule has 0 amide bonds. The number of nitrogens with one attached hydrogen (secondary N) is 1. The van der Waals surface area contributed by atoms with Gasteiger partial charge in [-0.05, 0) is 31.0 Å². The molecule has 108 valence electrons. The van der Waals surface area contributed by atoms with E-state index in [-0.39, 0.29) is 12.1 Å². The summed E-state index contributed by atoms with van der Waals surface area (Å²) in [4.78, 5) is 0. The summed E-state index contributed by atoms with van der Waals surface area (Å²) in [5, 5.41) is 22.7. The second kappa shape index (κ2) is 6.93. The van der Waals surface area contributed by atoms with Crippen molar-refractivity contribution in [1.29, 1.82) is 0 Å². The summed E-state index contributed by atoms with van der Waals surface area (Å²) < 4.78 is 26.4. The van der Waals surface area contributed by atoms with Crippen LogP contribution in [0.5, 0.6) is 0 Å². The van der Waals surface area contributed by atoms with Crippen LogP contribution in [-0.4, -0.2) is 28.9 Å². The van der Waals surface area contributed by atoms with E-state index in [2.05, 4.69) is 5.32 Å². The molecule has 1 unspecified atom stereocenters. The Morgan fingerprint density at radius 3 is 2.47 bits per heavy atom. The van der Waals surface area contributed by atoms with Gasteiger partial charge >= 0.3 is 0 Å². The minimum atomic E-state index is -1.14. The van der Waals surface area contributed by atoms with Gasteiger partial charge in [-0.3, -0.25) is 0 Å². The average Bonchev–Trinajstić information content (AvgIpc) is 2.41. The van der Waals surface area contributed by atoms with Crippen LogP contribution in [0, 0.1) is 11.6 Å². The average molecular weight is 273 g/mol. The van der Waals surface area contributed by atoms with Gasteiger partial charge in [0.2, 0.25) is 0 Å². The van der Waals surface area contributed by atoms with Gasteiger partial charge in [-0.1, -0.05) is 13.8 Å². The van der Waals surface area contributed by atoms with Crippen LogP contribution in [0.15, 0.2) is 18.2 Å². The van der Waals surface area contributed by atoms with E-state index in [1.54, 1.807) is 0 Å². The molecule has 1 aromatic carbocycles. The van der Waals surface area contributed by atoms with Crippen molar-refractivity contribution in [2.45, 2.75) is 38.4 Å². The number of aliphatic hydroxyl groups is 2. The van der Waals surface area contributed by atoms with Crippen LogP contribution in [0.1, 0.15) is 38.4 Å². The maximum absolute atomic E-state index is 13.4. The second-order valence-corrected chi connectivity index (χ2v) is 4.74. The molecule has 1 aromatic rings. The van der Waals surface area contributed by atoms with Crippen molar-refractivity contribution in [3.63, 3.8) is 0 Å². The lowest BCUT2D eigenvalue weighted by Crippen LogP contribution is -2.40. The monoisotopic (exact) mass is 273 g/mol. The molecule has 1 rings (SSSR count). The summed E-state index contributed by atoms with van der Waals surface area (Å²) in [5.74, 6) is -1.23. The molecule has 3 nitrogen and oxygen atoms in total. The summed E-state index contributed by atoms with van der Waals surface area (Å²) in [5.41, 5.74) is -0.913. The van der Waals surface area contributed by atoms with Gasteiger partial charge in [-0.2, -0.15) is 0 Å². The van der Waals surface area contributed by atoms with Gasteiger partial charge in [0, 0.05) is 18.7 Å². The summed E-state index contributed by atoms with van der Waals surface area (Å²) in [6.45, 7) is 4.10. The van der Waals surface area contributed by atoms with E-state index in [4.69, 9.17) is 0 Å². The SMILES string of the molecule is CCC(O)(CC)CNCC(O)c1cc(F)ccc1F. The predicted octanol–water partition coefficient (Wildman–Crippen LogP) is 2.14. The molecule has 0 bridgehead atoms. The first-order chi connectivity index (χ1) is 8.91. The molecule has 0 aliphatic carbocycles. The van der Waals surface area contributed by atoms with Crippen LogP contribution in [0.4, 0.5) is 8.78 Å². The van der Waals surface area contributed by atoms with E-state index in [1.165, 1.54) is 0 Å². The molecule has 3 N–H and O–H groups in total. The number of rotatable bonds is 7. The Morgan fingerprint density at radius 2 is 1.89 bits per heavy atom. The predicted molar refractivity (Wildman–Crippen MR) is 69.7 cm³/mol. The number of aliphatic hydroxyl groups excluding tert-OH is 1. The van der Waals surface area contributed by atoms with Gasteiger partial charge in [0.25, 0.3) is 0 Å². The highest BCUT2D eigenvalue weighted by Crippen LogP contribution is 2.18. The standard InChI is InChI=1S/C14H21F2NO2/c1-3-14(19,4-2)9-17-8-13(18)11-7-10(15)5-6-12(11)16/h5-7,13,17-19H,3-4,8-9H2,1-2H3. The molecule has 0 fully saturated rings. The van der Waals surface area contributed by atoms with Gasteiger partial charge in [0.1, 0.15) is 11.6 Å². The van der Waals surface area contributed by atoms with Gasteiger partial charge in [0.15, 0.2) is 0 Å². The van der Waals surface area contributed by atoms with Crippen LogP contribution in [0.3, 0.4) is 0 Å². The Kier molecular flexibility index (Phi) is 5.85. The number of halogens is 2. The molecular weight excluding hydrogens is 252 g/mol. The minimum Gasteiger partial charge on any atom is -0.389 e. The first kappa shape index (κ1) is 16.0. The maximum Gasteiger partial charge on any atom is 0.129 e. The van der Waals surface area contributed by atoms with Gasteiger partial charge in [-0.25, -0.2) is 8.78 Å². The number of hydrogen-bond donors (Lipinski definition) is 3. The van der Waals surface area contributed by atoms with Gasteiger partial charge < -0.3 is 15.5 Å². The first-order valence-electron chi connectivity index (χ1n) is 6.48. The van der Waals surface area contributed by atoms with E-state index < -0.39 is 23.3 Å². The Labute approximate surface area is 112 Å². The van der Waals surface area contributed by atoms with Crippen molar-refractivity contribution in [1.82, 2.24) is 5.32 Å². The zero-order valence-electron chi connectivity index (χ0n) is 11.3.